The molecule has 0 radical (unpaired) electrons. The molecule has 0 saturated carbocycles. The van der Waals surface area contributed by atoms with Gasteiger partial charge in [-0.2, -0.15) is 0 Å². The van der Waals surface area contributed by atoms with Gasteiger partial charge in [0.15, 0.2) is 5.60 Å². The van der Waals surface area contributed by atoms with E-state index in [1.165, 1.54) is 6.07 Å². The first kappa shape index (κ1) is 13.9. The number of hydrogen-bond donors (Lipinski definition) is 4. The molecule has 7 heteroatoms. The molecule has 0 aromatic carbocycles. The standard InChI is InChI=1S/C11H14N2O5/c1-6-3-4-7(9(15)13-6)8(14)12-5-11(2,18)10(16)17/h3-4,18H,5H2,1-2H3,(H,12,14)(H,13,15)(H,16,17). The van der Waals surface area contributed by atoms with E-state index in [-0.39, 0.29) is 5.56 Å². The maximum atomic E-state index is 11.6. The molecule has 1 atom stereocenters. The molecule has 1 rings (SSSR count). The third-order valence-corrected chi connectivity index (χ3v) is 2.35. The minimum Gasteiger partial charge on any atom is -0.479 e. The molecular formula is C11H14N2O5. The van der Waals surface area contributed by atoms with Crippen molar-refractivity contribution in [1.29, 1.82) is 0 Å². The average molecular weight is 254 g/mol. The summed E-state index contributed by atoms with van der Waals surface area (Å²) in [5.41, 5.74) is -2.18. The van der Waals surface area contributed by atoms with Crippen molar-refractivity contribution in [2.75, 3.05) is 6.54 Å². The van der Waals surface area contributed by atoms with Crippen molar-refractivity contribution in [3.8, 4) is 0 Å². The summed E-state index contributed by atoms with van der Waals surface area (Å²) in [6.45, 7) is 2.22. The summed E-state index contributed by atoms with van der Waals surface area (Å²) < 4.78 is 0. The van der Waals surface area contributed by atoms with Crippen LogP contribution in [0.5, 0.6) is 0 Å². The maximum absolute atomic E-state index is 11.6. The molecule has 0 saturated heterocycles. The lowest BCUT2D eigenvalue weighted by Gasteiger charge is -2.18. The van der Waals surface area contributed by atoms with Crippen LogP contribution in [-0.4, -0.2) is 39.2 Å². The van der Waals surface area contributed by atoms with Gasteiger partial charge in [-0.1, -0.05) is 0 Å². The number of carbonyl (C=O) groups excluding carboxylic acids is 1. The second-order valence-electron chi connectivity index (χ2n) is 4.15. The summed E-state index contributed by atoms with van der Waals surface area (Å²) in [5.74, 6) is -2.20. The number of carboxylic acids is 1. The van der Waals surface area contributed by atoms with Crippen molar-refractivity contribution in [3.05, 3.63) is 33.7 Å². The molecule has 98 valence electrons. The average Bonchev–Trinajstić information content (AvgIpc) is 2.25. The quantitative estimate of drug-likeness (QED) is 0.563. The number of rotatable bonds is 4. The molecule has 0 aliphatic heterocycles. The third kappa shape index (κ3) is 3.17. The predicted molar refractivity (Wildman–Crippen MR) is 62.4 cm³/mol. The van der Waals surface area contributed by atoms with Gasteiger partial charge in [0.1, 0.15) is 5.56 Å². The summed E-state index contributed by atoms with van der Waals surface area (Å²) in [6, 6.07) is 2.88. The largest absolute Gasteiger partial charge is 0.479 e. The molecule has 1 heterocycles. The van der Waals surface area contributed by atoms with Crippen LogP contribution in [0.25, 0.3) is 0 Å². The van der Waals surface area contributed by atoms with Crippen LogP contribution in [0.3, 0.4) is 0 Å². The predicted octanol–water partition coefficient (Wildman–Crippen LogP) is -0.751. The fourth-order valence-corrected chi connectivity index (χ4v) is 1.17. The number of aliphatic carboxylic acids is 1. The molecule has 0 spiro atoms. The summed E-state index contributed by atoms with van der Waals surface area (Å²) in [5, 5.41) is 20.2. The lowest BCUT2D eigenvalue weighted by atomic mass is 10.1. The van der Waals surface area contributed by atoms with Gasteiger partial charge in [-0.15, -0.1) is 0 Å². The van der Waals surface area contributed by atoms with E-state index < -0.39 is 29.6 Å². The normalized spacial score (nSPS) is 13.7. The van der Waals surface area contributed by atoms with E-state index in [9.17, 15) is 19.5 Å². The van der Waals surface area contributed by atoms with Gasteiger partial charge in [-0.25, -0.2) is 4.79 Å². The number of hydrogen-bond acceptors (Lipinski definition) is 4. The second kappa shape index (κ2) is 5.01. The van der Waals surface area contributed by atoms with Gasteiger partial charge in [0.2, 0.25) is 0 Å². The molecule has 0 aliphatic rings. The number of pyridine rings is 1. The smallest absolute Gasteiger partial charge is 0.337 e. The van der Waals surface area contributed by atoms with Gasteiger partial charge in [0.05, 0.1) is 6.54 Å². The molecule has 1 unspecified atom stereocenters. The Bertz CT molecular complexity index is 532. The van der Waals surface area contributed by atoms with Gasteiger partial charge < -0.3 is 20.5 Å². The lowest BCUT2D eigenvalue weighted by molar-refractivity contribution is -0.155. The van der Waals surface area contributed by atoms with Crippen LogP contribution in [-0.2, 0) is 4.79 Å². The highest BCUT2D eigenvalue weighted by atomic mass is 16.4. The van der Waals surface area contributed by atoms with Crippen LogP contribution in [0.4, 0.5) is 0 Å². The second-order valence-corrected chi connectivity index (χ2v) is 4.15. The Hall–Kier alpha value is -2.15. The van der Waals surface area contributed by atoms with Crippen molar-refractivity contribution >= 4 is 11.9 Å². The SMILES string of the molecule is Cc1ccc(C(=O)NCC(C)(O)C(=O)O)c(=O)[nH]1. The molecule has 0 fully saturated rings. The zero-order valence-electron chi connectivity index (χ0n) is 9.98. The van der Waals surface area contributed by atoms with Crippen LogP contribution < -0.4 is 10.9 Å². The fourth-order valence-electron chi connectivity index (χ4n) is 1.17. The Balaban J connectivity index is 2.78. The van der Waals surface area contributed by atoms with Crippen LogP contribution in [0.2, 0.25) is 0 Å². The maximum Gasteiger partial charge on any atom is 0.337 e. The third-order valence-electron chi connectivity index (χ3n) is 2.35. The number of nitrogens with one attached hydrogen (secondary N) is 2. The van der Waals surface area contributed by atoms with Crippen molar-refractivity contribution in [3.63, 3.8) is 0 Å². The molecule has 7 nitrogen and oxygen atoms in total. The summed E-state index contributed by atoms with van der Waals surface area (Å²) in [7, 11) is 0. The van der Waals surface area contributed by atoms with Crippen LogP contribution in [0, 0.1) is 6.92 Å². The number of amides is 1. The van der Waals surface area contributed by atoms with Gasteiger partial charge in [0, 0.05) is 5.69 Å². The van der Waals surface area contributed by atoms with E-state index in [0.717, 1.165) is 6.92 Å². The van der Waals surface area contributed by atoms with E-state index in [1.807, 2.05) is 0 Å². The van der Waals surface area contributed by atoms with Crippen LogP contribution in [0.1, 0.15) is 23.0 Å². The molecule has 1 amide bonds. The molecule has 4 N–H and O–H groups in total. The number of aromatic nitrogens is 1. The number of aromatic amines is 1. The fraction of sp³-hybridized carbons (Fsp3) is 0.364. The summed E-state index contributed by atoms with van der Waals surface area (Å²) in [4.78, 5) is 36.1. The van der Waals surface area contributed by atoms with Gasteiger partial charge >= 0.3 is 5.97 Å². The zero-order valence-corrected chi connectivity index (χ0v) is 9.98. The summed E-state index contributed by atoms with van der Waals surface area (Å²) in [6.07, 6.45) is 0. The Morgan fingerprint density at radius 3 is 2.56 bits per heavy atom. The summed E-state index contributed by atoms with van der Waals surface area (Å²) >= 11 is 0. The topological polar surface area (TPSA) is 119 Å². The van der Waals surface area contributed by atoms with E-state index in [4.69, 9.17) is 5.11 Å². The number of aliphatic hydroxyl groups is 1. The molecule has 0 aliphatic carbocycles. The molecule has 0 bridgehead atoms. The first-order valence-corrected chi connectivity index (χ1v) is 5.18. The monoisotopic (exact) mass is 254 g/mol. The van der Waals surface area contributed by atoms with Gasteiger partial charge in [-0.05, 0) is 26.0 Å². The number of H-pyrrole nitrogens is 1. The number of carbonyl (C=O) groups is 2. The Morgan fingerprint density at radius 1 is 1.44 bits per heavy atom. The molecular weight excluding hydrogens is 240 g/mol. The first-order chi connectivity index (χ1) is 8.24. The highest BCUT2D eigenvalue weighted by molar-refractivity contribution is 5.94. The van der Waals surface area contributed by atoms with Gasteiger partial charge in [0.25, 0.3) is 11.5 Å². The van der Waals surface area contributed by atoms with E-state index >= 15 is 0 Å². The Morgan fingerprint density at radius 2 is 2.06 bits per heavy atom. The van der Waals surface area contributed by atoms with Crippen LogP contribution in [0.15, 0.2) is 16.9 Å². The Labute approximate surface area is 102 Å². The van der Waals surface area contributed by atoms with E-state index in [0.29, 0.717) is 5.69 Å². The minimum atomic E-state index is -2.08. The van der Waals surface area contributed by atoms with E-state index in [1.54, 1.807) is 13.0 Å². The lowest BCUT2D eigenvalue weighted by Crippen LogP contribution is -2.47. The van der Waals surface area contributed by atoms with Crippen molar-refractivity contribution < 1.29 is 19.8 Å². The van der Waals surface area contributed by atoms with Gasteiger partial charge in [-0.3, -0.25) is 9.59 Å². The molecule has 18 heavy (non-hydrogen) atoms. The first-order valence-electron chi connectivity index (χ1n) is 5.18. The van der Waals surface area contributed by atoms with E-state index in [2.05, 4.69) is 10.3 Å². The minimum absolute atomic E-state index is 0.137. The highest BCUT2D eigenvalue weighted by Gasteiger charge is 2.30. The molecule has 1 aromatic rings. The number of carboxylic acid groups (broad SMARTS) is 1. The van der Waals surface area contributed by atoms with Crippen molar-refractivity contribution in [2.45, 2.75) is 19.4 Å². The Kier molecular flexibility index (Phi) is 3.87. The zero-order chi connectivity index (χ0) is 13.9. The number of aryl methyl sites for hydroxylation is 1. The van der Waals surface area contributed by atoms with Crippen molar-refractivity contribution in [1.82, 2.24) is 10.3 Å². The van der Waals surface area contributed by atoms with Crippen LogP contribution >= 0.6 is 0 Å². The van der Waals surface area contributed by atoms with Crippen molar-refractivity contribution in [2.24, 2.45) is 0 Å². The highest BCUT2D eigenvalue weighted by Crippen LogP contribution is 2.01. The molecule has 1 aromatic heterocycles.